The lowest BCUT2D eigenvalue weighted by molar-refractivity contribution is -0.123. The van der Waals surface area contributed by atoms with Gasteiger partial charge in [0.1, 0.15) is 28.7 Å². The molecule has 0 aliphatic carbocycles. The first-order chi connectivity index (χ1) is 26.6. The lowest BCUT2D eigenvalue weighted by atomic mass is 9.72. The summed E-state index contributed by atoms with van der Waals surface area (Å²) in [4.78, 5) is 54.9. The molecule has 0 bridgehead atoms. The number of phenolic OH excluding ortho intramolecular Hbond substituents is 2. The van der Waals surface area contributed by atoms with Crippen molar-refractivity contribution >= 4 is 63.7 Å². The first kappa shape index (κ1) is 38.5. The zero-order valence-corrected chi connectivity index (χ0v) is 30.2. The van der Waals surface area contributed by atoms with Crippen molar-refractivity contribution in [2.75, 3.05) is 26.2 Å². The fourth-order valence-corrected chi connectivity index (χ4v) is 8.69. The van der Waals surface area contributed by atoms with Crippen LogP contribution in [0.3, 0.4) is 0 Å². The van der Waals surface area contributed by atoms with Crippen LogP contribution >= 0.6 is 11.6 Å². The van der Waals surface area contributed by atoms with Gasteiger partial charge >= 0.3 is 25.1 Å². The molecule has 4 aromatic rings. The Morgan fingerprint density at radius 1 is 1.04 bits per heavy atom. The van der Waals surface area contributed by atoms with Crippen LogP contribution < -0.4 is 15.3 Å². The fraction of sp³-hybridized carbons (Fsp3) is 0.312. The molecular weight excluding hydrogens is 789 g/mol. The van der Waals surface area contributed by atoms with Crippen molar-refractivity contribution in [3.63, 3.8) is 0 Å². The van der Waals surface area contributed by atoms with Crippen molar-refractivity contribution in [1.82, 2.24) is 40.1 Å². The quantitative estimate of drug-likeness (QED) is 0.0983. The number of aromatic amines is 1. The minimum absolute atomic E-state index is 0.0241. The van der Waals surface area contributed by atoms with Gasteiger partial charge in [0.2, 0.25) is 15.9 Å². The van der Waals surface area contributed by atoms with Gasteiger partial charge in [-0.3, -0.25) is 9.89 Å². The molecule has 2 atom stereocenters. The zero-order valence-electron chi connectivity index (χ0n) is 28.6. The number of carboxylic acids is 1. The third kappa shape index (κ3) is 6.86. The predicted molar refractivity (Wildman–Crippen MR) is 188 cm³/mol. The van der Waals surface area contributed by atoms with Crippen LogP contribution in [-0.2, 0) is 21.2 Å². The van der Waals surface area contributed by atoms with Crippen LogP contribution in [0.4, 0.5) is 18.4 Å². The molecule has 4 heterocycles. The van der Waals surface area contributed by atoms with Gasteiger partial charge in [0.25, 0.3) is 0 Å². The van der Waals surface area contributed by atoms with Gasteiger partial charge in [0, 0.05) is 37.8 Å². The largest absolute Gasteiger partial charge is 0.547 e. The third-order valence-corrected chi connectivity index (χ3v) is 12.2. The Labute approximate surface area is 320 Å². The number of carbonyl (C=O) groups excluding carboxylic acids is 3. The van der Waals surface area contributed by atoms with Crippen molar-refractivity contribution in [3.05, 3.63) is 69.7 Å². The SMILES string of the molecule is O=C(O)c1c(F)ccc2c1OB(O)[C@@H](NC(=O)[C@@H](NC(=O)N1CCN(C3CCN(S(=O)(=O)c4ccc5[nH]nnc5c4)CC3)C1=O)c1cc(F)c(O)c(O)c1Cl)C2. The molecule has 2 fully saturated rings. The average Bonchev–Trinajstić information content (AvgIpc) is 3.81. The topological polar surface area (TPSA) is 268 Å². The minimum atomic E-state index is -3.91. The summed E-state index contributed by atoms with van der Waals surface area (Å²) in [6.07, 6.45) is 0.159. The predicted octanol–water partition coefficient (Wildman–Crippen LogP) is 1.48. The van der Waals surface area contributed by atoms with E-state index in [1.54, 1.807) is 6.07 Å². The molecule has 1 aromatic heterocycles. The number of piperidine rings is 1. The van der Waals surface area contributed by atoms with Gasteiger partial charge in [-0.25, -0.2) is 36.5 Å². The number of hydrogen-bond acceptors (Lipinski definition) is 12. The number of nitrogens with zero attached hydrogens (tertiary/aromatic N) is 5. The number of rotatable bonds is 8. The van der Waals surface area contributed by atoms with Crippen LogP contribution in [0.1, 0.15) is 40.4 Å². The Kier molecular flexibility index (Phi) is 10.1. The number of H-pyrrole nitrogens is 1. The highest BCUT2D eigenvalue weighted by Crippen LogP contribution is 2.41. The number of phenols is 2. The summed E-state index contributed by atoms with van der Waals surface area (Å²) in [6.45, 7) is -0.0101. The van der Waals surface area contributed by atoms with E-state index >= 15 is 0 Å². The lowest BCUT2D eigenvalue weighted by Crippen LogP contribution is -2.56. The molecule has 3 aliphatic rings. The van der Waals surface area contributed by atoms with Gasteiger partial charge in [-0.15, -0.1) is 5.10 Å². The van der Waals surface area contributed by atoms with Crippen molar-refractivity contribution in [1.29, 1.82) is 0 Å². The first-order valence-electron chi connectivity index (χ1n) is 16.9. The second-order valence-corrected chi connectivity index (χ2v) is 15.5. The molecular formula is C32H30BClF2N8O11S. The summed E-state index contributed by atoms with van der Waals surface area (Å²) in [5, 5.41) is 54.4. The highest BCUT2D eigenvalue weighted by molar-refractivity contribution is 7.89. The van der Waals surface area contributed by atoms with Crippen molar-refractivity contribution in [2.45, 2.75) is 42.2 Å². The number of carboxylic acid groups (broad SMARTS) is 1. The number of aromatic carboxylic acids is 1. The number of amides is 5. The van der Waals surface area contributed by atoms with Gasteiger partial charge in [-0.1, -0.05) is 22.9 Å². The van der Waals surface area contributed by atoms with Crippen LogP contribution in [0.2, 0.25) is 5.02 Å². The Balaban J connectivity index is 1.06. The van der Waals surface area contributed by atoms with Crippen LogP contribution in [0.5, 0.6) is 17.2 Å². The summed E-state index contributed by atoms with van der Waals surface area (Å²) in [5.74, 6) is -9.66. The highest BCUT2D eigenvalue weighted by atomic mass is 35.5. The van der Waals surface area contributed by atoms with E-state index < -0.39 is 104 Å². The molecule has 294 valence electrons. The molecule has 0 radical (unpaired) electrons. The highest BCUT2D eigenvalue weighted by Gasteiger charge is 2.43. The maximum atomic E-state index is 14.7. The molecule has 7 rings (SSSR count). The standard InChI is InChI=1S/C32H30BClF2N8O11S/c34-24-17(13-19(36)26(45)27(24)46)25(29(47)37-22-11-14-1-3-18(35)23(30(48)49)28(14)55-33(22)52)38-31(50)44-10-9-43(32(44)51)15-5-7-42(8-6-15)56(53,54)16-2-4-20-21(12-16)40-41-39-20/h1-4,12-13,15,22,25,45-46,52H,5-11H2,(H,37,47)(H,38,50)(H,48,49)(H,39,40,41)/t22-,25-/m0/s1. The Morgan fingerprint density at radius 3 is 2.48 bits per heavy atom. The molecule has 56 heavy (non-hydrogen) atoms. The number of urea groups is 2. The van der Waals surface area contributed by atoms with E-state index in [-0.39, 0.29) is 55.9 Å². The van der Waals surface area contributed by atoms with Gasteiger partial charge in [0.05, 0.1) is 21.4 Å². The van der Waals surface area contributed by atoms with E-state index in [4.69, 9.17) is 16.3 Å². The molecule has 3 aliphatic heterocycles. The Bertz CT molecular complexity index is 2400. The average molecular weight is 819 g/mol. The van der Waals surface area contributed by atoms with Crippen LogP contribution in [-0.4, -0.2) is 127 Å². The number of aromatic hydroxyl groups is 2. The van der Waals surface area contributed by atoms with Crippen LogP contribution in [0.15, 0.2) is 41.3 Å². The molecule has 2 saturated heterocycles. The van der Waals surface area contributed by atoms with Gasteiger partial charge < -0.3 is 40.5 Å². The number of carbonyl (C=O) groups is 4. The van der Waals surface area contributed by atoms with Crippen molar-refractivity contribution in [3.8, 4) is 17.2 Å². The van der Waals surface area contributed by atoms with Gasteiger partial charge in [0.15, 0.2) is 17.3 Å². The number of aromatic nitrogens is 3. The third-order valence-electron chi connectivity index (χ3n) is 9.87. The summed E-state index contributed by atoms with van der Waals surface area (Å²) < 4.78 is 62.2. The monoisotopic (exact) mass is 818 g/mol. The summed E-state index contributed by atoms with van der Waals surface area (Å²) in [6, 6.07) is 2.60. The number of benzene rings is 3. The minimum Gasteiger partial charge on any atom is -0.534 e. The first-order valence-corrected chi connectivity index (χ1v) is 18.7. The maximum absolute atomic E-state index is 14.7. The van der Waals surface area contributed by atoms with E-state index in [2.05, 4.69) is 26.0 Å². The number of fused-ring (bicyclic) bond motifs is 2. The number of hydrogen-bond donors (Lipinski definition) is 7. The van der Waals surface area contributed by atoms with Crippen molar-refractivity contribution in [2.24, 2.45) is 0 Å². The smallest absolute Gasteiger partial charge is 0.534 e. The number of halogens is 3. The summed E-state index contributed by atoms with van der Waals surface area (Å²) >= 11 is 6.19. The van der Waals surface area contributed by atoms with E-state index in [0.29, 0.717) is 17.1 Å². The van der Waals surface area contributed by atoms with E-state index in [9.17, 15) is 56.7 Å². The Morgan fingerprint density at radius 2 is 1.77 bits per heavy atom. The number of imide groups is 1. The van der Waals surface area contributed by atoms with Crippen LogP contribution in [0.25, 0.3) is 11.0 Å². The molecule has 7 N–H and O–H groups in total. The summed E-state index contributed by atoms with van der Waals surface area (Å²) in [5.41, 5.74) is -0.388. The molecule has 0 spiro atoms. The maximum Gasteiger partial charge on any atom is 0.547 e. The van der Waals surface area contributed by atoms with Gasteiger partial charge in [-0.05, 0) is 55.2 Å². The molecule has 19 nitrogen and oxygen atoms in total. The van der Waals surface area contributed by atoms with E-state index in [1.807, 2.05) is 0 Å². The summed E-state index contributed by atoms with van der Waals surface area (Å²) in [7, 11) is -5.86. The molecule has 0 saturated carbocycles. The molecule has 5 amide bonds. The van der Waals surface area contributed by atoms with Gasteiger partial charge in [-0.2, -0.15) is 4.31 Å². The molecule has 3 aromatic carbocycles. The number of nitrogens with one attached hydrogen (secondary N) is 3. The van der Waals surface area contributed by atoms with E-state index in [1.165, 1.54) is 27.4 Å². The second-order valence-electron chi connectivity index (χ2n) is 13.1. The van der Waals surface area contributed by atoms with Crippen molar-refractivity contribution < 1.29 is 61.4 Å². The van der Waals surface area contributed by atoms with E-state index in [0.717, 1.165) is 11.0 Å². The lowest BCUT2D eigenvalue weighted by Gasteiger charge is -2.35. The molecule has 24 heteroatoms. The van der Waals surface area contributed by atoms with Crippen LogP contribution in [0, 0.1) is 11.6 Å². The number of sulfonamides is 1. The fourth-order valence-electron chi connectivity index (χ4n) is 6.95. The zero-order chi connectivity index (χ0) is 40.2. The Hall–Kier alpha value is -5.78. The second kappa shape index (κ2) is 14.7. The molecule has 0 unspecified atom stereocenters. The normalized spacial score (nSPS) is 18.5.